The maximum atomic E-state index is 6.16. The first-order valence-corrected chi connectivity index (χ1v) is 8.88. The van der Waals surface area contributed by atoms with Gasteiger partial charge in [0.15, 0.2) is 0 Å². The van der Waals surface area contributed by atoms with Gasteiger partial charge in [-0.2, -0.15) is 0 Å². The lowest BCUT2D eigenvalue weighted by Gasteiger charge is -2.10. The van der Waals surface area contributed by atoms with Gasteiger partial charge in [-0.1, -0.05) is 48.9 Å². The lowest BCUT2D eigenvalue weighted by atomic mass is 10.1. The van der Waals surface area contributed by atoms with Crippen molar-refractivity contribution in [2.45, 2.75) is 26.5 Å². The van der Waals surface area contributed by atoms with Crippen LogP contribution in [0.25, 0.3) is 21.8 Å². The first kappa shape index (κ1) is 16.0. The second-order valence-corrected chi connectivity index (χ2v) is 6.55. The van der Waals surface area contributed by atoms with Gasteiger partial charge < -0.3 is 9.30 Å². The summed E-state index contributed by atoms with van der Waals surface area (Å²) in [6.07, 6.45) is 1.03. The van der Waals surface area contributed by atoms with Gasteiger partial charge in [-0.3, -0.25) is 0 Å². The van der Waals surface area contributed by atoms with Crippen LogP contribution in [0.1, 0.15) is 19.2 Å². The van der Waals surface area contributed by atoms with E-state index in [1.54, 1.807) is 0 Å². The van der Waals surface area contributed by atoms with E-state index in [0.29, 0.717) is 6.61 Å². The van der Waals surface area contributed by atoms with Crippen LogP contribution in [0.5, 0.6) is 5.75 Å². The van der Waals surface area contributed by atoms with Crippen LogP contribution in [0.15, 0.2) is 60.7 Å². The van der Waals surface area contributed by atoms with E-state index in [2.05, 4.69) is 35.8 Å². The third-order valence-corrected chi connectivity index (χ3v) is 4.56. The number of aromatic nitrogens is 2. The summed E-state index contributed by atoms with van der Waals surface area (Å²) in [4.78, 5) is 4.73. The van der Waals surface area contributed by atoms with Crippen molar-refractivity contribution in [3.63, 3.8) is 0 Å². The van der Waals surface area contributed by atoms with E-state index in [1.807, 2.05) is 36.4 Å². The lowest BCUT2D eigenvalue weighted by Crippen LogP contribution is -2.07. The normalized spacial score (nSPS) is 11.3. The van der Waals surface area contributed by atoms with E-state index in [-0.39, 0.29) is 0 Å². The highest BCUT2D eigenvalue weighted by molar-refractivity contribution is 6.31. The molecule has 0 N–H and O–H groups in total. The fourth-order valence-electron chi connectivity index (χ4n) is 3.13. The molecule has 0 aliphatic rings. The minimum atomic E-state index is 0.435. The van der Waals surface area contributed by atoms with Crippen LogP contribution >= 0.6 is 11.6 Å². The SMILES string of the molecule is CCCn1c(COc2ccc3ccccc3c2)nc2ccc(Cl)cc21. The molecule has 0 amide bonds. The van der Waals surface area contributed by atoms with Gasteiger partial charge >= 0.3 is 0 Å². The molecule has 4 heteroatoms. The zero-order valence-corrected chi connectivity index (χ0v) is 14.8. The third kappa shape index (κ3) is 3.20. The number of benzene rings is 3. The van der Waals surface area contributed by atoms with Gasteiger partial charge in [0.05, 0.1) is 11.0 Å². The van der Waals surface area contributed by atoms with Crippen LogP contribution in [-0.4, -0.2) is 9.55 Å². The number of hydrogen-bond donors (Lipinski definition) is 0. The average Bonchev–Trinajstić information content (AvgIpc) is 2.97. The zero-order chi connectivity index (χ0) is 17.2. The van der Waals surface area contributed by atoms with Gasteiger partial charge in [-0.25, -0.2) is 4.98 Å². The molecule has 3 nitrogen and oxygen atoms in total. The van der Waals surface area contributed by atoms with Crippen LogP contribution in [0.2, 0.25) is 5.02 Å². The molecule has 4 aromatic rings. The van der Waals surface area contributed by atoms with Crippen molar-refractivity contribution in [1.82, 2.24) is 9.55 Å². The Bertz CT molecular complexity index is 1040. The molecule has 25 heavy (non-hydrogen) atoms. The molecule has 0 radical (unpaired) electrons. The summed E-state index contributed by atoms with van der Waals surface area (Å²) < 4.78 is 8.23. The summed E-state index contributed by atoms with van der Waals surface area (Å²) >= 11 is 6.16. The second-order valence-electron chi connectivity index (χ2n) is 6.11. The van der Waals surface area contributed by atoms with Gasteiger partial charge in [0.2, 0.25) is 0 Å². The highest BCUT2D eigenvalue weighted by Crippen LogP contribution is 2.24. The average molecular weight is 351 g/mol. The number of rotatable bonds is 5. The molecule has 1 aromatic heterocycles. The Kier molecular flexibility index (Phi) is 4.33. The Morgan fingerprint density at radius 3 is 2.68 bits per heavy atom. The largest absolute Gasteiger partial charge is 0.486 e. The highest BCUT2D eigenvalue weighted by Gasteiger charge is 2.11. The first-order valence-electron chi connectivity index (χ1n) is 8.51. The van der Waals surface area contributed by atoms with Crippen molar-refractivity contribution in [1.29, 1.82) is 0 Å². The minimum absolute atomic E-state index is 0.435. The molecule has 0 saturated heterocycles. The van der Waals surface area contributed by atoms with Crippen molar-refractivity contribution < 1.29 is 4.74 Å². The van der Waals surface area contributed by atoms with E-state index in [9.17, 15) is 0 Å². The molecule has 0 atom stereocenters. The quantitative estimate of drug-likeness (QED) is 0.452. The maximum Gasteiger partial charge on any atom is 0.147 e. The molecule has 3 aromatic carbocycles. The number of nitrogens with zero attached hydrogens (tertiary/aromatic N) is 2. The molecule has 0 bridgehead atoms. The molecular weight excluding hydrogens is 332 g/mol. The predicted octanol–water partition coefficient (Wildman–Crippen LogP) is 5.83. The van der Waals surface area contributed by atoms with E-state index in [0.717, 1.165) is 40.6 Å². The Balaban J connectivity index is 1.64. The predicted molar refractivity (Wildman–Crippen MR) is 103 cm³/mol. The topological polar surface area (TPSA) is 27.1 Å². The zero-order valence-electron chi connectivity index (χ0n) is 14.1. The van der Waals surface area contributed by atoms with Crippen molar-refractivity contribution in [2.75, 3.05) is 0 Å². The lowest BCUT2D eigenvalue weighted by molar-refractivity contribution is 0.290. The number of imidazole rings is 1. The molecule has 4 rings (SSSR count). The Morgan fingerprint density at radius 1 is 1.00 bits per heavy atom. The van der Waals surface area contributed by atoms with Crippen molar-refractivity contribution in [3.05, 3.63) is 71.5 Å². The third-order valence-electron chi connectivity index (χ3n) is 4.33. The number of fused-ring (bicyclic) bond motifs is 2. The standard InChI is InChI=1S/C21H19ClN2O/c1-2-11-24-20-13-17(22)8-10-19(20)23-21(24)14-25-18-9-7-15-5-3-4-6-16(15)12-18/h3-10,12-13H,2,11,14H2,1H3. The Hall–Kier alpha value is -2.52. The molecular formula is C21H19ClN2O. The van der Waals surface area contributed by atoms with Crippen molar-refractivity contribution in [2.24, 2.45) is 0 Å². The van der Waals surface area contributed by atoms with Crippen molar-refractivity contribution in [3.8, 4) is 5.75 Å². The van der Waals surface area contributed by atoms with E-state index >= 15 is 0 Å². The first-order chi connectivity index (χ1) is 12.2. The van der Waals surface area contributed by atoms with Crippen LogP contribution in [0, 0.1) is 0 Å². The summed E-state index contributed by atoms with van der Waals surface area (Å²) in [6, 6.07) is 20.2. The van der Waals surface area contributed by atoms with Crippen molar-refractivity contribution >= 4 is 33.4 Å². The Morgan fingerprint density at radius 2 is 1.84 bits per heavy atom. The molecule has 0 saturated carbocycles. The molecule has 126 valence electrons. The summed E-state index contributed by atoms with van der Waals surface area (Å²) in [5.41, 5.74) is 2.02. The minimum Gasteiger partial charge on any atom is -0.486 e. The molecule has 0 fully saturated rings. The van der Waals surface area contributed by atoms with E-state index < -0.39 is 0 Å². The molecule has 0 aliphatic heterocycles. The van der Waals surface area contributed by atoms with Crippen LogP contribution in [0.3, 0.4) is 0 Å². The number of ether oxygens (including phenoxy) is 1. The summed E-state index contributed by atoms with van der Waals surface area (Å²) in [5.74, 6) is 1.78. The smallest absolute Gasteiger partial charge is 0.147 e. The van der Waals surface area contributed by atoms with Gasteiger partial charge in [0, 0.05) is 11.6 Å². The highest BCUT2D eigenvalue weighted by atomic mass is 35.5. The van der Waals surface area contributed by atoms with Gasteiger partial charge in [-0.05, 0) is 47.5 Å². The van der Waals surface area contributed by atoms with E-state index in [4.69, 9.17) is 21.3 Å². The second kappa shape index (κ2) is 6.77. The maximum absolute atomic E-state index is 6.16. The number of hydrogen-bond acceptors (Lipinski definition) is 2. The summed E-state index contributed by atoms with van der Waals surface area (Å²) in [7, 11) is 0. The summed E-state index contributed by atoms with van der Waals surface area (Å²) in [6.45, 7) is 3.49. The Labute approximate surface area is 151 Å². The molecule has 0 aliphatic carbocycles. The molecule has 1 heterocycles. The molecule has 0 unspecified atom stereocenters. The van der Waals surface area contributed by atoms with Gasteiger partial charge in [-0.15, -0.1) is 0 Å². The number of halogens is 1. The monoisotopic (exact) mass is 350 g/mol. The fourth-order valence-corrected chi connectivity index (χ4v) is 3.30. The van der Waals surface area contributed by atoms with E-state index in [1.165, 1.54) is 10.8 Å². The number of aryl methyl sites for hydroxylation is 1. The fraction of sp³-hybridized carbons (Fsp3) is 0.190. The van der Waals surface area contributed by atoms with Gasteiger partial charge in [0.1, 0.15) is 18.2 Å². The van der Waals surface area contributed by atoms with Crippen LogP contribution < -0.4 is 4.74 Å². The van der Waals surface area contributed by atoms with Crippen LogP contribution in [0.4, 0.5) is 0 Å². The van der Waals surface area contributed by atoms with Gasteiger partial charge in [0.25, 0.3) is 0 Å². The van der Waals surface area contributed by atoms with Crippen LogP contribution in [-0.2, 0) is 13.2 Å². The molecule has 0 spiro atoms. The summed E-state index contributed by atoms with van der Waals surface area (Å²) in [5, 5.41) is 3.11.